The Morgan fingerprint density at radius 1 is 0.857 bits per heavy atom. The van der Waals surface area contributed by atoms with E-state index >= 15 is 0 Å². The van der Waals surface area contributed by atoms with Crippen LogP contribution in [0.15, 0.2) is 78.9 Å². The van der Waals surface area contributed by atoms with Gasteiger partial charge in [-0.3, -0.25) is 0 Å². The smallest absolute Gasteiger partial charge is 0.319 e. The molecule has 2 nitrogen and oxygen atoms in total. The van der Waals surface area contributed by atoms with Crippen molar-refractivity contribution in [3.8, 4) is 5.75 Å². The van der Waals surface area contributed by atoms with E-state index in [-0.39, 0.29) is 11.1 Å². The molecule has 1 aliphatic carbocycles. The molecule has 0 saturated carbocycles. The van der Waals surface area contributed by atoms with Crippen molar-refractivity contribution in [2.45, 2.75) is 44.8 Å². The van der Waals surface area contributed by atoms with Gasteiger partial charge in [0.25, 0.3) is 0 Å². The van der Waals surface area contributed by atoms with Crippen molar-refractivity contribution >= 4 is 18.7 Å². The molecule has 3 heteroatoms. The standard InChI is InChI=1S/C25H28O2Si/c1-25(2,3)28(21-10-6-4-7-11-21,22-12-8-5-9-13-22)27-20-16-14-19-15-17-24(26)23(19)18-20/h4-14,16,18,24,26H,15,17H2,1-3H3. The Morgan fingerprint density at radius 3 is 1.96 bits per heavy atom. The summed E-state index contributed by atoms with van der Waals surface area (Å²) < 4.78 is 7.04. The highest BCUT2D eigenvalue weighted by atomic mass is 28.4. The SMILES string of the molecule is CC(C)(C)[Si](Oc1ccc2c(c1)C(O)CC2)(c1ccccc1)c1ccccc1. The van der Waals surface area contributed by atoms with E-state index in [0.29, 0.717) is 0 Å². The molecule has 3 aromatic carbocycles. The van der Waals surface area contributed by atoms with Gasteiger partial charge in [0, 0.05) is 0 Å². The summed E-state index contributed by atoms with van der Waals surface area (Å²) in [4.78, 5) is 0. The lowest BCUT2D eigenvalue weighted by atomic mass is 10.1. The predicted octanol–water partition coefficient (Wildman–Crippen LogP) is 4.61. The van der Waals surface area contributed by atoms with E-state index in [1.807, 2.05) is 0 Å². The van der Waals surface area contributed by atoms with Crippen LogP contribution in [0.25, 0.3) is 0 Å². The van der Waals surface area contributed by atoms with Gasteiger partial charge in [-0.05, 0) is 51.5 Å². The summed E-state index contributed by atoms with van der Waals surface area (Å²) >= 11 is 0. The van der Waals surface area contributed by atoms with Crippen LogP contribution >= 0.6 is 0 Å². The fourth-order valence-corrected chi connectivity index (χ4v) is 8.86. The highest BCUT2D eigenvalue weighted by Gasteiger charge is 2.52. The lowest BCUT2D eigenvalue weighted by Crippen LogP contribution is -2.68. The third-order valence-corrected chi connectivity index (χ3v) is 10.8. The summed E-state index contributed by atoms with van der Waals surface area (Å²) in [5.41, 5.74) is 2.26. The first-order chi connectivity index (χ1) is 13.4. The lowest BCUT2D eigenvalue weighted by molar-refractivity contribution is 0.180. The summed E-state index contributed by atoms with van der Waals surface area (Å²) in [7, 11) is -2.63. The van der Waals surface area contributed by atoms with Gasteiger partial charge in [0.15, 0.2) is 0 Å². The summed E-state index contributed by atoms with van der Waals surface area (Å²) in [6.07, 6.45) is 1.37. The Morgan fingerprint density at radius 2 is 1.43 bits per heavy atom. The number of benzene rings is 3. The van der Waals surface area contributed by atoms with Gasteiger partial charge < -0.3 is 9.53 Å². The van der Waals surface area contributed by atoms with Crippen molar-refractivity contribution in [1.82, 2.24) is 0 Å². The van der Waals surface area contributed by atoms with E-state index in [1.54, 1.807) is 0 Å². The molecule has 0 aromatic heterocycles. The zero-order chi connectivity index (χ0) is 19.8. The van der Waals surface area contributed by atoms with Crippen LogP contribution in [0.5, 0.6) is 5.75 Å². The molecule has 0 spiro atoms. The maximum absolute atomic E-state index is 10.4. The number of aliphatic hydroxyl groups excluding tert-OH is 1. The summed E-state index contributed by atoms with van der Waals surface area (Å²) in [5, 5.41) is 12.8. The van der Waals surface area contributed by atoms with Crippen LogP contribution in [0, 0.1) is 0 Å². The van der Waals surface area contributed by atoms with Crippen LogP contribution < -0.4 is 14.8 Å². The van der Waals surface area contributed by atoms with Crippen LogP contribution in [0.2, 0.25) is 5.04 Å². The van der Waals surface area contributed by atoms with Crippen molar-refractivity contribution in [1.29, 1.82) is 0 Å². The molecule has 3 aromatic rings. The molecule has 0 aliphatic heterocycles. The Bertz CT molecular complexity index is 906. The van der Waals surface area contributed by atoms with Crippen molar-refractivity contribution in [3.05, 3.63) is 90.0 Å². The first kappa shape index (κ1) is 19.0. The Labute approximate surface area is 169 Å². The van der Waals surface area contributed by atoms with Crippen LogP contribution in [0.4, 0.5) is 0 Å². The number of rotatable bonds is 4. The zero-order valence-corrected chi connectivity index (χ0v) is 17.9. The Hall–Kier alpha value is -2.36. The monoisotopic (exact) mass is 388 g/mol. The third kappa shape index (κ3) is 3.19. The maximum atomic E-state index is 10.4. The fourth-order valence-electron chi connectivity index (χ4n) is 4.45. The predicted molar refractivity (Wildman–Crippen MR) is 118 cm³/mol. The van der Waals surface area contributed by atoms with Crippen LogP contribution in [-0.2, 0) is 6.42 Å². The first-order valence-electron chi connectivity index (χ1n) is 10.0. The zero-order valence-electron chi connectivity index (χ0n) is 16.9. The second-order valence-corrected chi connectivity index (χ2v) is 12.9. The fraction of sp³-hybridized carbons (Fsp3) is 0.280. The van der Waals surface area contributed by atoms with Gasteiger partial charge in [0.05, 0.1) is 6.10 Å². The molecule has 1 aliphatic rings. The highest BCUT2D eigenvalue weighted by Crippen LogP contribution is 2.39. The minimum Gasteiger partial charge on any atom is -0.534 e. The normalized spacial score (nSPS) is 16.6. The minimum absolute atomic E-state index is 0.0761. The second kappa shape index (κ2) is 7.23. The van der Waals surface area contributed by atoms with Gasteiger partial charge in [0.2, 0.25) is 0 Å². The molecule has 144 valence electrons. The molecule has 4 rings (SSSR count). The number of fused-ring (bicyclic) bond motifs is 1. The van der Waals surface area contributed by atoms with Crippen molar-refractivity contribution in [2.24, 2.45) is 0 Å². The Kier molecular flexibility index (Phi) is 4.90. The summed E-state index contributed by atoms with van der Waals surface area (Å²) in [5.74, 6) is 0.856. The Balaban J connectivity index is 1.90. The van der Waals surface area contributed by atoms with Crippen molar-refractivity contribution in [3.63, 3.8) is 0 Å². The van der Waals surface area contributed by atoms with Crippen molar-refractivity contribution in [2.75, 3.05) is 0 Å². The maximum Gasteiger partial charge on any atom is 0.319 e. The average molecular weight is 389 g/mol. The quantitative estimate of drug-likeness (QED) is 0.662. The molecule has 1 N–H and O–H groups in total. The molecule has 0 saturated heterocycles. The molecule has 1 unspecified atom stereocenters. The van der Waals surface area contributed by atoms with Gasteiger partial charge in [-0.2, -0.15) is 0 Å². The minimum atomic E-state index is -2.63. The third-order valence-electron chi connectivity index (χ3n) is 5.85. The number of hydrogen-bond donors (Lipinski definition) is 1. The van der Waals surface area contributed by atoms with Gasteiger partial charge >= 0.3 is 8.32 Å². The number of aryl methyl sites for hydroxylation is 1. The van der Waals surface area contributed by atoms with Crippen molar-refractivity contribution < 1.29 is 9.53 Å². The number of hydrogen-bond acceptors (Lipinski definition) is 2. The van der Waals surface area contributed by atoms with E-state index in [2.05, 4.69) is 99.6 Å². The second-order valence-electron chi connectivity index (χ2n) is 8.68. The van der Waals surface area contributed by atoms with Gasteiger partial charge in [-0.15, -0.1) is 0 Å². The van der Waals surface area contributed by atoms with Crippen LogP contribution in [-0.4, -0.2) is 13.4 Å². The van der Waals surface area contributed by atoms with E-state index in [1.165, 1.54) is 15.9 Å². The number of aliphatic hydroxyl groups is 1. The molecular weight excluding hydrogens is 360 g/mol. The van der Waals surface area contributed by atoms with Gasteiger partial charge in [-0.25, -0.2) is 0 Å². The van der Waals surface area contributed by atoms with Crippen LogP contribution in [0.3, 0.4) is 0 Å². The molecule has 0 heterocycles. The van der Waals surface area contributed by atoms with E-state index in [4.69, 9.17) is 4.43 Å². The molecule has 0 bridgehead atoms. The topological polar surface area (TPSA) is 29.5 Å². The van der Waals surface area contributed by atoms with Gasteiger partial charge in [0.1, 0.15) is 5.75 Å². The van der Waals surface area contributed by atoms with E-state index in [9.17, 15) is 5.11 Å². The molecule has 28 heavy (non-hydrogen) atoms. The largest absolute Gasteiger partial charge is 0.534 e. The van der Waals surface area contributed by atoms with Gasteiger partial charge in [-0.1, -0.05) is 87.5 Å². The molecule has 0 radical (unpaired) electrons. The molecule has 0 amide bonds. The van der Waals surface area contributed by atoms with E-state index < -0.39 is 8.32 Å². The summed E-state index contributed by atoms with van der Waals surface area (Å²) in [6.45, 7) is 6.84. The molecule has 0 fully saturated rings. The lowest BCUT2D eigenvalue weighted by Gasteiger charge is -2.43. The molecular formula is C25H28O2Si. The average Bonchev–Trinajstić information content (AvgIpc) is 3.07. The van der Waals surface area contributed by atoms with E-state index in [0.717, 1.165) is 24.2 Å². The highest BCUT2D eigenvalue weighted by molar-refractivity contribution is 7.00. The molecule has 1 atom stereocenters. The first-order valence-corrected chi connectivity index (χ1v) is 11.9. The summed E-state index contributed by atoms with van der Waals surface area (Å²) in [6, 6.07) is 27.6. The van der Waals surface area contributed by atoms with Crippen LogP contribution in [0.1, 0.15) is 44.4 Å².